The van der Waals surface area contributed by atoms with Crippen LogP contribution < -0.4 is 11.5 Å². The van der Waals surface area contributed by atoms with Crippen molar-refractivity contribution in [1.82, 2.24) is 0 Å². The lowest BCUT2D eigenvalue weighted by molar-refractivity contribution is -0.118. The Labute approximate surface area is 276 Å². The van der Waals surface area contributed by atoms with Crippen molar-refractivity contribution >= 4 is 53.1 Å². The van der Waals surface area contributed by atoms with Crippen molar-refractivity contribution < 1.29 is 9.59 Å². The molecule has 4 nitrogen and oxygen atoms in total. The van der Waals surface area contributed by atoms with Gasteiger partial charge in [0.05, 0.1) is 10.5 Å². The normalized spacial score (nSPS) is 12.9. The second kappa shape index (κ2) is 34.2. The largest absolute Gasteiger partial charge is 0.369 e. The number of rotatable bonds is 35. The van der Waals surface area contributed by atoms with Crippen LogP contribution in [-0.4, -0.2) is 22.3 Å². The quantitative estimate of drug-likeness (QED) is 0.0518. The number of hydrogen-bond acceptors (Lipinski definition) is 6. The van der Waals surface area contributed by atoms with Crippen molar-refractivity contribution in [3.05, 3.63) is 0 Å². The van der Waals surface area contributed by atoms with Gasteiger partial charge >= 0.3 is 0 Å². The molecule has 0 aromatic rings. The molecule has 250 valence electrons. The van der Waals surface area contributed by atoms with Crippen LogP contribution in [0.5, 0.6) is 0 Å². The highest BCUT2D eigenvalue weighted by atomic mass is 33.7. The Morgan fingerprint density at radius 3 is 0.833 bits per heavy atom. The van der Waals surface area contributed by atoms with Crippen LogP contribution in [0.15, 0.2) is 0 Å². The van der Waals surface area contributed by atoms with Gasteiger partial charge in [-0.15, -0.1) is 0 Å². The summed E-state index contributed by atoms with van der Waals surface area (Å²) in [5, 5.41) is -0.326. The minimum Gasteiger partial charge on any atom is -0.369 e. The number of primary amides is 2. The first kappa shape index (κ1) is 42.3. The van der Waals surface area contributed by atoms with Gasteiger partial charge in [-0.2, -0.15) is 0 Å². The smallest absolute Gasteiger partial charge is 0.231 e. The SMILES string of the molecule is CCCCCCCCCCCCCCCC(SSSSC(CCCCCCCCCCCCCCC)C(N)=O)C(N)=O. The van der Waals surface area contributed by atoms with Gasteiger partial charge in [-0.3, -0.25) is 9.59 Å². The Bertz CT molecular complexity index is 548. The van der Waals surface area contributed by atoms with E-state index in [1.54, 1.807) is 41.2 Å². The first-order valence-corrected chi connectivity index (χ1v) is 22.7. The van der Waals surface area contributed by atoms with Gasteiger partial charge in [0.15, 0.2) is 0 Å². The van der Waals surface area contributed by atoms with Gasteiger partial charge in [0.1, 0.15) is 0 Å². The van der Waals surface area contributed by atoms with Gasteiger partial charge in [0, 0.05) is 0 Å². The maximum Gasteiger partial charge on any atom is 0.231 e. The van der Waals surface area contributed by atoms with Gasteiger partial charge in [0.25, 0.3) is 0 Å². The maximum absolute atomic E-state index is 11.9. The highest BCUT2D eigenvalue weighted by Crippen LogP contribution is 2.48. The molecule has 0 aromatic heterocycles. The molecular weight excluding hydrogens is 597 g/mol. The van der Waals surface area contributed by atoms with E-state index in [0.29, 0.717) is 0 Å². The Hall–Kier alpha value is 0.340. The maximum atomic E-state index is 11.9. The van der Waals surface area contributed by atoms with Gasteiger partial charge < -0.3 is 11.5 Å². The predicted octanol–water partition coefficient (Wildman–Crippen LogP) is 12.3. The molecule has 0 saturated carbocycles. The highest BCUT2D eigenvalue weighted by Gasteiger charge is 2.19. The van der Waals surface area contributed by atoms with Crippen LogP contribution in [0.4, 0.5) is 0 Å². The summed E-state index contributed by atoms with van der Waals surface area (Å²) in [6.45, 7) is 4.54. The van der Waals surface area contributed by atoms with Crippen molar-refractivity contribution in [3.8, 4) is 0 Å². The van der Waals surface area contributed by atoms with Gasteiger partial charge in [-0.05, 0) is 32.5 Å². The van der Waals surface area contributed by atoms with Gasteiger partial charge in [0.2, 0.25) is 11.8 Å². The first-order chi connectivity index (χ1) is 20.5. The number of unbranched alkanes of at least 4 members (excludes halogenated alkanes) is 24. The zero-order valence-corrected chi connectivity index (χ0v) is 30.8. The van der Waals surface area contributed by atoms with E-state index in [1.807, 2.05) is 0 Å². The average Bonchev–Trinajstić information content (AvgIpc) is 2.97. The molecule has 0 fully saturated rings. The van der Waals surface area contributed by atoms with E-state index in [4.69, 9.17) is 11.5 Å². The summed E-state index contributed by atoms with van der Waals surface area (Å²) in [6.07, 6.45) is 36.1. The van der Waals surface area contributed by atoms with Gasteiger partial charge in [-0.1, -0.05) is 202 Å². The summed E-state index contributed by atoms with van der Waals surface area (Å²) >= 11 is 0. The fourth-order valence-electron chi connectivity index (χ4n) is 5.30. The average molecular weight is 665 g/mol. The summed E-state index contributed by atoms with van der Waals surface area (Å²) in [5.74, 6) is -0.453. The number of amides is 2. The molecule has 0 aliphatic heterocycles. The van der Waals surface area contributed by atoms with Gasteiger partial charge in [-0.25, -0.2) is 0 Å². The number of carbonyl (C=O) groups is 2. The molecule has 2 unspecified atom stereocenters. The minimum atomic E-state index is -0.226. The van der Waals surface area contributed by atoms with Crippen LogP contribution in [0.25, 0.3) is 0 Å². The second-order valence-electron chi connectivity index (χ2n) is 12.2. The van der Waals surface area contributed by atoms with E-state index in [9.17, 15) is 9.59 Å². The lowest BCUT2D eigenvalue weighted by Crippen LogP contribution is -2.25. The van der Waals surface area contributed by atoms with Crippen LogP contribution in [0.3, 0.4) is 0 Å². The van der Waals surface area contributed by atoms with Crippen molar-refractivity contribution in [2.24, 2.45) is 11.5 Å². The number of hydrogen-bond donors (Lipinski definition) is 2. The molecule has 0 heterocycles. The molecule has 0 rings (SSSR count). The van der Waals surface area contributed by atoms with E-state index in [2.05, 4.69) is 13.8 Å². The monoisotopic (exact) mass is 664 g/mol. The molecule has 0 bridgehead atoms. The highest BCUT2D eigenvalue weighted by molar-refractivity contribution is 9.26. The molecule has 0 aliphatic carbocycles. The fraction of sp³-hybridized carbons (Fsp3) is 0.941. The van der Waals surface area contributed by atoms with Crippen molar-refractivity contribution in [3.63, 3.8) is 0 Å². The summed E-state index contributed by atoms with van der Waals surface area (Å²) in [6, 6.07) is 0. The van der Waals surface area contributed by atoms with E-state index < -0.39 is 0 Å². The third-order valence-electron chi connectivity index (χ3n) is 8.11. The van der Waals surface area contributed by atoms with Crippen molar-refractivity contribution in [1.29, 1.82) is 0 Å². The van der Waals surface area contributed by atoms with Crippen LogP contribution >= 0.6 is 41.2 Å². The molecule has 2 atom stereocenters. The summed E-state index contributed by atoms with van der Waals surface area (Å²) < 4.78 is 0. The minimum absolute atomic E-state index is 0.163. The van der Waals surface area contributed by atoms with Crippen LogP contribution in [0.1, 0.15) is 194 Å². The van der Waals surface area contributed by atoms with E-state index in [-0.39, 0.29) is 22.3 Å². The topological polar surface area (TPSA) is 86.2 Å². The Balaban J connectivity index is 3.73. The van der Waals surface area contributed by atoms with Crippen LogP contribution in [0.2, 0.25) is 0 Å². The van der Waals surface area contributed by atoms with Crippen molar-refractivity contribution in [2.45, 2.75) is 204 Å². The predicted molar refractivity (Wildman–Crippen MR) is 197 cm³/mol. The molecular formula is C34H68N2O2S4. The summed E-state index contributed by atoms with van der Waals surface area (Å²) in [4.78, 5) is 23.9. The molecule has 8 heteroatoms. The molecule has 0 spiro atoms. The lowest BCUT2D eigenvalue weighted by Gasteiger charge is -2.14. The molecule has 0 aromatic carbocycles. The lowest BCUT2D eigenvalue weighted by atomic mass is 10.0. The van der Waals surface area contributed by atoms with Crippen LogP contribution in [-0.2, 0) is 9.59 Å². The Morgan fingerprint density at radius 1 is 0.405 bits per heavy atom. The fourth-order valence-corrected chi connectivity index (χ4v) is 12.2. The molecule has 0 radical (unpaired) electrons. The standard InChI is InChI=1S/C34H68N2O2S4/c1-3-5-7-9-11-13-15-17-19-21-23-25-27-29-31(33(35)37)39-41-42-40-32(34(36)38)30-28-26-24-22-20-18-16-14-12-10-8-6-4-2/h31-32H,3-30H2,1-2H3,(H2,35,37)(H2,36,38). The molecule has 2 amide bonds. The van der Waals surface area contributed by atoms with Crippen LogP contribution in [0, 0.1) is 0 Å². The Kier molecular flexibility index (Phi) is 34.5. The Morgan fingerprint density at radius 2 is 0.619 bits per heavy atom. The number of carbonyl (C=O) groups excluding carboxylic acids is 2. The van der Waals surface area contributed by atoms with E-state index >= 15 is 0 Å². The van der Waals surface area contributed by atoms with Crippen molar-refractivity contribution in [2.75, 3.05) is 0 Å². The number of nitrogens with two attached hydrogens (primary N) is 2. The molecule has 0 aliphatic rings. The first-order valence-electron chi connectivity index (χ1n) is 17.8. The molecule has 4 N–H and O–H groups in total. The second-order valence-corrected chi connectivity index (χ2v) is 18.4. The van der Waals surface area contributed by atoms with E-state index in [0.717, 1.165) is 25.7 Å². The molecule has 42 heavy (non-hydrogen) atoms. The van der Waals surface area contributed by atoms with E-state index in [1.165, 1.54) is 154 Å². The summed E-state index contributed by atoms with van der Waals surface area (Å²) in [5.41, 5.74) is 11.3. The summed E-state index contributed by atoms with van der Waals surface area (Å²) in [7, 11) is 6.24. The third-order valence-corrected chi connectivity index (χ3v) is 15.2. The third kappa shape index (κ3) is 30.4. The zero-order chi connectivity index (χ0) is 30.9. The zero-order valence-electron chi connectivity index (χ0n) is 27.6. The molecule has 0 saturated heterocycles.